The Kier molecular flexibility index (Phi) is 8.32. The van der Waals surface area contributed by atoms with Crippen molar-refractivity contribution in [1.29, 1.82) is 0 Å². The zero-order valence-electron chi connectivity index (χ0n) is 16.0. The Morgan fingerprint density at radius 3 is 2.46 bits per heavy atom. The second-order valence-corrected chi connectivity index (χ2v) is 9.09. The maximum atomic E-state index is 12.9. The molecule has 28 heavy (non-hydrogen) atoms. The van der Waals surface area contributed by atoms with Gasteiger partial charge in [0.2, 0.25) is 15.9 Å². The predicted molar refractivity (Wildman–Crippen MR) is 113 cm³/mol. The van der Waals surface area contributed by atoms with Gasteiger partial charge in [-0.2, -0.15) is 0 Å². The van der Waals surface area contributed by atoms with E-state index in [0.29, 0.717) is 25.1 Å². The Hall–Kier alpha value is -2.06. The first-order chi connectivity index (χ1) is 13.3. The van der Waals surface area contributed by atoms with Crippen molar-refractivity contribution < 1.29 is 17.6 Å². The van der Waals surface area contributed by atoms with Crippen LogP contribution in [0.2, 0.25) is 0 Å². The van der Waals surface area contributed by atoms with Gasteiger partial charge in [-0.3, -0.25) is 9.10 Å². The number of hydrogen-bond acceptors (Lipinski definition) is 4. The van der Waals surface area contributed by atoms with Crippen molar-refractivity contribution in [1.82, 2.24) is 5.32 Å². The van der Waals surface area contributed by atoms with Gasteiger partial charge < -0.3 is 5.32 Å². The quantitative estimate of drug-likeness (QED) is 0.593. The molecular weight excluding hydrogens is 399 g/mol. The average Bonchev–Trinajstić information content (AvgIpc) is 2.66. The molecule has 0 atom stereocenters. The van der Waals surface area contributed by atoms with E-state index in [1.807, 2.05) is 18.4 Å². The zero-order valence-corrected chi connectivity index (χ0v) is 17.7. The number of thioether (sulfide) groups is 1. The number of hydrogen-bond donors (Lipinski definition) is 1. The number of nitrogens with one attached hydrogen (secondary N) is 1. The van der Waals surface area contributed by atoms with E-state index in [1.54, 1.807) is 24.3 Å². The number of nitrogens with zero attached hydrogens (tertiary/aromatic N) is 1. The fourth-order valence-corrected chi connectivity index (χ4v) is 4.41. The predicted octanol–water partition coefficient (Wildman–Crippen LogP) is 3.45. The van der Waals surface area contributed by atoms with E-state index in [9.17, 15) is 17.6 Å². The zero-order chi connectivity index (χ0) is 20.6. The van der Waals surface area contributed by atoms with E-state index >= 15 is 0 Å². The molecule has 0 aromatic heterocycles. The molecule has 2 aromatic carbocycles. The molecule has 8 heteroatoms. The lowest BCUT2D eigenvalue weighted by atomic mass is 10.1. The highest BCUT2D eigenvalue weighted by Crippen LogP contribution is 2.30. The third kappa shape index (κ3) is 6.83. The molecule has 0 saturated carbocycles. The molecule has 0 aliphatic heterocycles. The van der Waals surface area contributed by atoms with Crippen LogP contribution in [0.25, 0.3) is 0 Å². The Labute approximate surface area is 170 Å². The number of rotatable bonds is 10. The Bertz CT molecular complexity index is 887. The van der Waals surface area contributed by atoms with Gasteiger partial charge in [-0.05, 0) is 48.9 Å². The summed E-state index contributed by atoms with van der Waals surface area (Å²) in [6.07, 6.45) is 4.33. The second-order valence-electron chi connectivity index (χ2n) is 6.34. The topological polar surface area (TPSA) is 66.5 Å². The van der Waals surface area contributed by atoms with Gasteiger partial charge in [0.05, 0.1) is 11.9 Å². The summed E-state index contributed by atoms with van der Waals surface area (Å²) >= 11 is 1.48. The third-order valence-electron chi connectivity index (χ3n) is 4.17. The Balaban J connectivity index is 1.84. The van der Waals surface area contributed by atoms with E-state index in [1.165, 1.54) is 34.5 Å². The van der Waals surface area contributed by atoms with Gasteiger partial charge in [0.15, 0.2) is 0 Å². The van der Waals surface area contributed by atoms with Crippen LogP contribution in [0.3, 0.4) is 0 Å². The first-order valence-electron chi connectivity index (χ1n) is 8.93. The van der Waals surface area contributed by atoms with Gasteiger partial charge in [0, 0.05) is 24.4 Å². The van der Waals surface area contributed by atoms with Crippen molar-refractivity contribution in [2.75, 3.05) is 29.9 Å². The number of amides is 1. The lowest BCUT2D eigenvalue weighted by Crippen LogP contribution is -2.32. The minimum atomic E-state index is -3.45. The number of sulfonamides is 1. The van der Waals surface area contributed by atoms with Crippen LogP contribution in [0.5, 0.6) is 0 Å². The SMILES string of the molecule is CSc1ccccc1N(CCCC(=O)NCCc1ccc(F)cc1)S(C)(=O)=O. The summed E-state index contributed by atoms with van der Waals surface area (Å²) in [5.41, 5.74) is 1.58. The molecule has 0 saturated heterocycles. The minimum absolute atomic E-state index is 0.131. The second kappa shape index (κ2) is 10.5. The molecule has 2 rings (SSSR count). The number of para-hydroxylation sites is 1. The van der Waals surface area contributed by atoms with E-state index in [2.05, 4.69) is 5.32 Å². The van der Waals surface area contributed by atoms with E-state index < -0.39 is 10.0 Å². The van der Waals surface area contributed by atoms with Crippen molar-refractivity contribution >= 4 is 33.4 Å². The lowest BCUT2D eigenvalue weighted by molar-refractivity contribution is -0.121. The highest BCUT2D eigenvalue weighted by molar-refractivity contribution is 7.99. The molecule has 0 radical (unpaired) electrons. The smallest absolute Gasteiger partial charge is 0.232 e. The van der Waals surface area contributed by atoms with Crippen LogP contribution in [-0.4, -0.2) is 39.9 Å². The Morgan fingerprint density at radius 1 is 1.14 bits per heavy atom. The molecule has 0 bridgehead atoms. The monoisotopic (exact) mass is 424 g/mol. The van der Waals surface area contributed by atoms with Gasteiger partial charge in [-0.1, -0.05) is 24.3 Å². The number of carbonyl (C=O) groups excluding carboxylic acids is 1. The van der Waals surface area contributed by atoms with Crippen LogP contribution in [0.15, 0.2) is 53.4 Å². The van der Waals surface area contributed by atoms with Gasteiger partial charge in [-0.25, -0.2) is 12.8 Å². The highest BCUT2D eigenvalue weighted by Gasteiger charge is 2.20. The normalized spacial score (nSPS) is 11.2. The molecule has 1 N–H and O–H groups in total. The fraction of sp³-hybridized carbons (Fsp3) is 0.350. The maximum absolute atomic E-state index is 12.9. The number of benzene rings is 2. The Morgan fingerprint density at radius 2 is 1.82 bits per heavy atom. The molecular formula is C20H25FN2O3S2. The first kappa shape index (κ1) is 22.2. The largest absolute Gasteiger partial charge is 0.356 e. The average molecular weight is 425 g/mol. The molecule has 0 spiro atoms. The van der Waals surface area contributed by atoms with Crippen LogP contribution < -0.4 is 9.62 Å². The fourth-order valence-electron chi connectivity index (χ4n) is 2.77. The standard InChI is InChI=1S/C20H25FN2O3S2/c1-27-19-7-4-3-6-18(19)23(28(2,25)26)15-5-8-20(24)22-14-13-16-9-11-17(21)12-10-16/h3-4,6-7,9-12H,5,8,13-15H2,1-2H3,(H,22,24). The lowest BCUT2D eigenvalue weighted by Gasteiger charge is -2.24. The van der Waals surface area contributed by atoms with E-state index in [4.69, 9.17) is 0 Å². The van der Waals surface area contributed by atoms with Gasteiger partial charge in [-0.15, -0.1) is 11.8 Å². The summed E-state index contributed by atoms with van der Waals surface area (Å²) in [7, 11) is -3.45. The molecule has 5 nitrogen and oxygen atoms in total. The maximum Gasteiger partial charge on any atom is 0.232 e. The molecule has 0 aliphatic carbocycles. The summed E-state index contributed by atoms with van der Waals surface area (Å²) in [5.74, 6) is -0.417. The van der Waals surface area contributed by atoms with Crippen LogP contribution in [0, 0.1) is 5.82 Å². The van der Waals surface area contributed by atoms with Crippen molar-refractivity contribution in [2.45, 2.75) is 24.2 Å². The number of halogens is 1. The molecule has 152 valence electrons. The van der Waals surface area contributed by atoms with Crippen LogP contribution >= 0.6 is 11.8 Å². The minimum Gasteiger partial charge on any atom is -0.356 e. The summed E-state index contributed by atoms with van der Waals surface area (Å²) in [6.45, 7) is 0.692. The van der Waals surface area contributed by atoms with E-state index in [0.717, 1.165) is 10.5 Å². The number of carbonyl (C=O) groups is 1. The van der Waals surface area contributed by atoms with Crippen molar-refractivity contribution in [2.24, 2.45) is 0 Å². The molecule has 1 amide bonds. The number of anilines is 1. The summed E-state index contributed by atoms with van der Waals surface area (Å²) < 4.78 is 38.7. The van der Waals surface area contributed by atoms with Crippen molar-refractivity contribution in [3.63, 3.8) is 0 Å². The van der Waals surface area contributed by atoms with Gasteiger partial charge in [0.1, 0.15) is 5.82 Å². The van der Waals surface area contributed by atoms with Crippen LogP contribution in [0.4, 0.5) is 10.1 Å². The summed E-state index contributed by atoms with van der Waals surface area (Å²) in [6, 6.07) is 13.5. The first-order valence-corrected chi connectivity index (χ1v) is 12.0. The van der Waals surface area contributed by atoms with Crippen molar-refractivity contribution in [3.8, 4) is 0 Å². The van der Waals surface area contributed by atoms with Crippen LogP contribution in [0.1, 0.15) is 18.4 Å². The highest BCUT2D eigenvalue weighted by atomic mass is 32.2. The molecule has 0 aliphatic rings. The molecule has 0 fully saturated rings. The van der Waals surface area contributed by atoms with Gasteiger partial charge >= 0.3 is 0 Å². The summed E-state index contributed by atoms with van der Waals surface area (Å²) in [4.78, 5) is 12.9. The third-order valence-corrected chi connectivity index (χ3v) is 6.13. The molecule has 0 heterocycles. The van der Waals surface area contributed by atoms with Crippen molar-refractivity contribution in [3.05, 3.63) is 59.9 Å². The van der Waals surface area contributed by atoms with E-state index in [-0.39, 0.29) is 24.7 Å². The van der Waals surface area contributed by atoms with Crippen LogP contribution in [-0.2, 0) is 21.2 Å². The molecule has 0 unspecified atom stereocenters. The molecule has 2 aromatic rings. The van der Waals surface area contributed by atoms with Gasteiger partial charge in [0.25, 0.3) is 0 Å². The summed E-state index contributed by atoms with van der Waals surface area (Å²) in [5, 5.41) is 2.82.